The van der Waals surface area contributed by atoms with Crippen LogP contribution in [0.25, 0.3) is 0 Å². The highest BCUT2D eigenvalue weighted by Crippen LogP contribution is 2.15. The van der Waals surface area contributed by atoms with E-state index >= 15 is 0 Å². The first-order valence-electron chi connectivity index (χ1n) is 10.2. The summed E-state index contributed by atoms with van der Waals surface area (Å²) in [6.07, 6.45) is 2.61. The summed E-state index contributed by atoms with van der Waals surface area (Å²) in [5.74, 6) is 0.178. The lowest BCUT2D eigenvalue weighted by atomic mass is 10.1. The monoisotopic (exact) mass is 394 g/mol. The average Bonchev–Trinajstić information content (AvgIpc) is 3.28. The molecule has 0 spiro atoms. The number of carbonyl (C=O) groups excluding carboxylic acids is 2. The number of anilines is 2. The summed E-state index contributed by atoms with van der Waals surface area (Å²) in [6.45, 7) is 4.34. The second-order valence-corrected chi connectivity index (χ2v) is 7.59. The van der Waals surface area contributed by atoms with E-state index in [-0.39, 0.29) is 18.0 Å². The minimum absolute atomic E-state index is 0.155. The van der Waals surface area contributed by atoms with E-state index in [0.29, 0.717) is 18.7 Å². The van der Waals surface area contributed by atoms with Crippen molar-refractivity contribution in [3.63, 3.8) is 0 Å². The van der Waals surface area contributed by atoms with E-state index in [9.17, 15) is 9.59 Å². The third-order valence-corrected chi connectivity index (χ3v) is 5.41. The van der Waals surface area contributed by atoms with E-state index in [0.717, 1.165) is 37.2 Å². The minimum atomic E-state index is -0.237. The van der Waals surface area contributed by atoms with Gasteiger partial charge in [0.2, 0.25) is 5.91 Å². The van der Waals surface area contributed by atoms with E-state index in [1.807, 2.05) is 66.5 Å². The molecule has 1 saturated heterocycles. The van der Waals surface area contributed by atoms with Gasteiger partial charge in [-0.3, -0.25) is 4.79 Å². The van der Waals surface area contributed by atoms with Crippen LogP contribution in [0.15, 0.2) is 54.6 Å². The van der Waals surface area contributed by atoms with Gasteiger partial charge in [0, 0.05) is 44.1 Å². The molecule has 0 aromatic heterocycles. The number of likely N-dealkylation sites (N-methyl/N-ethyl adjacent to an activating group) is 1. The van der Waals surface area contributed by atoms with E-state index < -0.39 is 0 Å². The summed E-state index contributed by atoms with van der Waals surface area (Å²) >= 11 is 0. The molecule has 6 nitrogen and oxygen atoms in total. The molecular weight excluding hydrogens is 364 g/mol. The predicted molar refractivity (Wildman–Crippen MR) is 117 cm³/mol. The van der Waals surface area contributed by atoms with Gasteiger partial charge in [-0.25, -0.2) is 4.79 Å². The smallest absolute Gasteiger partial charge is 0.319 e. The van der Waals surface area contributed by atoms with Gasteiger partial charge in [0.1, 0.15) is 0 Å². The fourth-order valence-corrected chi connectivity index (χ4v) is 3.43. The van der Waals surface area contributed by atoms with E-state index in [4.69, 9.17) is 0 Å². The minimum Gasteiger partial charge on any atom is -0.370 e. The number of hydrogen-bond acceptors (Lipinski definition) is 3. The number of nitrogens with zero attached hydrogens (tertiary/aromatic N) is 2. The molecule has 6 heteroatoms. The van der Waals surface area contributed by atoms with Gasteiger partial charge in [-0.15, -0.1) is 0 Å². The second kappa shape index (κ2) is 9.96. The maximum Gasteiger partial charge on any atom is 0.319 e. The molecule has 1 heterocycles. The second-order valence-electron chi connectivity index (χ2n) is 7.59. The normalized spacial score (nSPS) is 14.3. The molecule has 0 radical (unpaired) electrons. The van der Waals surface area contributed by atoms with Gasteiger partial charge in [0.25, 0.3) is 0 Å². The fraction of sp³-hybridized carbons (Fsp3) is 0.391. The van der Waals surface area contributed by atoms with Crippen molar-refractivity contribution in [2.45, 2.75) is 32.2 Å². The van der Waals surface area contributed by atoms with Crippen LogP contribution in [-0.4, -0.2) is 49.6 Å². The van der Waals surface area contributed by atoms with Crippen LogP contribution in [0.4, 0.5) is 16.2 Å². The zero-order valence-corrected chi connectivity index (χ0v) is 17.2. The number of nitrogens with one attached hydrogen (secondary N) is 2. The maximum absolute atomic E-state index is 12.2. The zero-order chi connectivity index (χ0) is 20.6. The first-order chi connectivity index (χ1) is 14.0. The quantitative estimate of drug-likeness (QED) is 0.755. The van der Waals surface area contributed by atoms with Crippen LogP contribution in [0.3, 0.4) is 0 Å². The Morgan fingerprint density at radius 2 is 1.69 bits per heavy atom. The van der Waals surface area contributed by atoms with Crippen LogP contribution in [0, 0.1) is 0 Å². The molecule has 154 valence electrons. The maximum atomic E-state index is 12.2. The summed E-state index contributed by atoms with van der Waals surface area (Å²) in [4.78, 5) is 28.5. The summed E-state index contributed by atoms with van der Waals surface area (Å²) in [5, 5.41) is 5.76. The Morgan fingerprint density at radius 1 is 1.03 bits per heavy atom. The number of rotatable bonds is 7. The Balaban J connectivity index is 1.43. The zero-order valence-electron chi connectivity index (χ0n) is 17.2. The van der Waals surface area contributed by atoms with Crippen molar-refractivity contribution in [2.24, 2.45) is 0 Å². The molecule has 3 rings (SSSR count). The van der Waals surface area contributed by atoms with E-state index in [1.54, 1.807) is 0 Å². The highest BCUT2D eigenvalue weighted by atomic mass is 16.2. The topological polar surface area (TPSA) is 64.7 Å². The van der Waals surface area contributed by atoms with Gasteiger partial charge in [-0.2, -0.15) is 0 Å². The molecular formula is C23H30N4O2. The van der Waals surface area contributed by atoms with Gasteiger partial charge in [-0.1, -0.05) is 30.3 Å². The standard InChI is InChI=1S/C23H30N4O2/c1-18(26(2)21-8-4-3-5-9-21)17-24-23(29)25-20-12-10-19(11-13-20)16-22(28)27-14-6-7-15-27/h3-5,8-13,18H,6-7,14-17H2,1-2H3,(H2,24,25,29)/t18-/m1/s1. The van der Waals surface area contributed by atoms with Crippen molar-refractivity contribution in [1.82, 2.24) is 10.2 Å². The molecule has 3 amide bonds. The largest absolute Gasteiger partial charge is 0.370 e. The Kier molecular flexibility index (Phi) is 7.11. The Labute approximate surface area is 172 Å². The molecule has 2 N–H and O–H groups in total. The Morgan fingerprint density at radius 3 is 2.34 bits per heavy atom. The molecule has 0 bridgehead atoms. The third kappa shape index (κ3) is 5.98. The molecule has 1 aliphatic rings. The average molecular weight is 395 g/mol. The summed E-state index contributed by atoms with van der Waals surface area (Å²) in [7, 11) is 2.02. The summed E-state index contributed by atoms with van der Waals surface area (Å²) < 4.78 is 0. The van der Waals surface area contributed by atoms with E-state index in [2.05, 4.69) is 22.5 Å². The number of amides is 3. The first-order valence-corrected chi connectivity index (χ1v) is 10.2. The van der Waals surface area contributed by atoms with Crippen LogP contribution in [0.1, 0.15) is 25.3 Å². The van der Waals surface area contributed by atoms with Crippen molar-refractivity contribution >= 4 is 23.3 Å². The molecule has 1 atom stereocenters. The molecule has 1 aliphatic heterocycles. The fourth-order valence-electron chi connectivity index (χ4n) is 3.43. The van der Waals surface area contributed by atoms with Crippen molar-refractivity contribution < 1.29 is 9.59 Å². The molecule has 1 fully saturated rings. The predicted octanol–water partition coefficient (Wildman–Crippen LogP) is 3.50. The van der Waals surface area contributed by atoms with Crippen molar-refractivity contribution in [3.05, 3.63) is 60.2 Å². The van der Waals surface area contributed by atoms with E-state index in [1.165, 1.54) is 0 Å². The van der Waals surface area contributed by atoms with Crippen LogP contribution < -0.4 is 15.5 Å². The lowest BCUT2D eigenvalue weighted by Gasteiger charge is -2.27. The number of hydrogen-bond donors (Lipinski definition) is 2. The third-order valence-electron chi connectivity index (χ3n) is 5.41. The molecule has 2 aromatic carbocycles. The van der Waals surface area contributed by atoms with Crippen molar-refractivity contribution in [2.75, 3.05) is 36.9 Å². The lowest BCUT2D eigenvalue weighted by molar-refractivity contribution is -0.129. The lowest BCUT2D eigenvalue weighted by Crippen LogP contribution is -2.41. The number of para-hydroxylation sites is 1. The molecule has 0 unspecified atom stereocenters. The molecule has 0 aliphatic carbocycles. The van der Waals surface area contributed by atoms with Gasteiger partial charge >= 0.3 is 6.03 Å². The van der Waals surface area contributed by atoms with Crippen LogP contribution in [0.5, 0.6) is 0 Å². The Hall–Kier alpha value is -3.02. The van der Waals surface area contributed by atoms with Gasteiger partial charge < -0.3 is 20.4 Å². The number of carbonyl (C=O) groups is 2. The van der Waals surface area contributed by atoms with Crippen LogP contribution >= 0.6 is 0 Å². The van der Waals surface area contributed by atoms with Gasteiger partial charge in [0.15, 0.2) is 0 Å². The number of urea groups is 1. The van der Waals surface area contributed by atoms with Crippen molar-refractivity contribution in [1.29, 1.82) is 0 Å². The number of benzene rings is 2. The molecule has 0 saturated carbocycles. The highest BCUT2D eigenvalue weighted by Gasteiger charge is 2.18. The van der Waals surface area contributed by atoms with Crippen LogP contribution in [-0.2, 0) is 11.2 Å². The van der Waals surface area contributed by atoms with Crippen LogP contribution in [0.2, 0.25) is 0 Å². The first kappa shape index (κ1) is 20.7. The molecule has 29 heavy (non-hydrogen) atoms. The Bertz CT molecular complexity index is 801. The van der Waals surface area contributed by atoms with Gasteiger partial charge in [-0.05, 0) is 49.6 Å². The molecule has 2 aromatic rings. The number of likely N-dealkylation sites (tertiary alicyclic amines) is 1. The summed E-state index contributed by atoms with van der Waals surface area (Å²) in [6, 6.07) is 17.5. The summed E-state index contributed by atoms with van der Waals surface area (Å²) in [5.41, 5.74) is 2.79. The van der Waals surface area contributed by atoms with Crippen molar-refractivity contribution in [3.8, 4) is 0 Å². The highest BCUT2D eigenvalue weighted by molar-refractivity contribution is 5.89. The SMILES string of the molecule is C[C@H](CNC(=O)Nc1ccc(CC(=O)N2CCCC2)cc1)N(C)c1ccccc1. The van der Waals surface area contributed by atoms with Gasteiger partial charge in [0.05, 0.1) is 6.42 Å².